The van der Waals surface area contributed by atoms with E-state index in [1.807, 2.05) is 0 Å². The Labute approximate surface area is 92.5 Å². The van der Waals surface area contributed by atoms with E-state index in [1.165, 1.54) is 32.1 Å². The Kier molecular flexibility index (Phi) is 4.00. The van der Waals surface area contributed by atoms with Crippen LogP contribution in [0.5, 0.6) is 0 Å². The maximum Gasteiger partial charge on any atom is 0.0697 e. The summed E-state index contributed by atoms with van der Waals surface area (Å²) < 4.78 is 11.0. The van der Waals surface area contributed by atoms with Gasteiger partial charge in [-0.1, -0.05) is 12.8 Å². The van der Waals surface area contributed by atoms with E-state index in [0.29, 0.717) is 6.04 Å². The van der Waals surface area contributed by atoms with Gasteiger partial charge in [0.25, 0.3) is 0 Å². The van der Waals surface area contributed by atoms with E-state index >= 15 is 0 Å². The van der Waals surface area contributed by atoms with Gasteiger partial charge < -0.3 is 14.8 Å². The number of rotatable bonds is 4. The van der Waals surface area contributed by atoms with Crippen molar-refractivity contribution in [2.45, 2.75) is 50.2 Å². The maximum absolute atomic E-state index is 5.99. The summed E-state index contributed by atoms with van der Waals surface area (Å²) in [4.78, 5) is 0. The van der Waals surface area contributed by atoms with E-state index < -0.39 is 0 Å². The molecule has 1 unspecified atom stereocenters. The smallest absolute Gasteiger partial charge is 0.0697 e. The summed E-state index contributed by atoms with van der Waals surface area (Å²) in [5.74, 6) is 0. The highest BCUT2D eigenvalue weighted by Crippen LogP contribution is 2.39. The lowest BCUT2D eigenvalue weighted by Crippen LogP contribution is -2.46. The zero-order valence-electron chi connectivity index (χ0n) is 9.76. The van der Waals surface area contributed by atoms with Crippen molar-refractivity contribution in [1.29, 1.82) is 0 Å². The molecule has 3 heteroatoms. The number of hydrogen-bond donors (Lipinski definition) is 1. The molecule has 3 nitrogen and oxygen atoms in total. The van der Waals surface area contributed by atoms with Gasteiger partial charge >= 0.3 is 0 Å². The Morgan fingerprint density at radius 2 is 2.20 bits per heavy atom. The highest BCUT2D eigenvalue weighted by Gasteiger charge is 2.39. The van der Waals surface area contributed by atoms with E-state index in [1.54, 1.807) is 7.11 Å². The van der Waals surface area contributed by atoms with Gasteiger partial charge in [-0.15, -0.1) is 0 Å². The van der Waals surface area contributed by atoms with Gasteiger partial charge in [-0.3, -0.25) is 0 Å². The lowest BCUT2D eigenvalue weighted by atomic mass is 9.89. The van der Waals surface area contributed by atoms with Gasteiger partial charge in [-0.2, -0.15) is 0 Å². The molecule has 1 atom stereocenters. The summed E-state index contributed by atoms with van der Waals surface area (Å²) in [6.07, 6.45) is 7.61. The summed E-state index contributed by atoms with van der Waals surface area (Å²) in [7, 11) is 1.75. The van der Waals surface area contributed by atoms with Crippen LogP contribution in [0.1, 0.15) is 38.5 Å². The molecule has 0 radical (unpaired) electrons. The molecule has 0 aromatic heterocycles. The van der Waals surface area contributed by atoms with Crippen molar-refractivity contribution in [3.8, 4) is 0 Å². The normalized spacial score (nSPS) is 29.8. The second kappa shape index (κ2) is 5.28. The number of ether oxygens (including phenoxy) is 2. The molecule has 1 heterocycles. The van der Waals surface area contributed by atoms with Gasteiger partial charge in [-0.25, -0.2) is 0 Å². The van der Waals surface area contributed by atoms with Gasteiger partial charge in [0.15, 0.2) is 0 Å². The Bertz CT molecular complexity index is 190. The SMILES string of the molecule is COCCNC1CCOC2(CCCC2)C1. The first kappa shape index (κ1) is 11.4. The van der Waals surface area contributed by atoms with Crippen LogP contribution in [0.2, 0.25) is 0 Å². The molecule has 1 saturated carbocycles. The van der Waals surface area contributed by atoms with Crippen LogP contribution in [0.15, 0.2) is 0 Å². The molecule has 0 aromatic rings. The highest BCUT2D eigenvalue weighted by molar-refractivity contribution is 4.93. The summed E-state index contributed by atoms with van der Waals surface area (Å²) >= 11 is 0. The van der Waals surface area contributed by atoms with E-state index in [4.69, 9.17) is 9.47 Å². The van der Waals surface area contributed by atoms with Crippen LogP contribution in [0.3, 0.4) is 0 Å². The van der Waals surface area contributed by atoms with Crippen molar-refractivity contribution in [1.82, 2.24) is 5.32 Å². The average Bonchev–Trinajstić information content (AvgIpc) is 2.67. The van der Waals surface area contributed by atoms with Gasteiger partial charge in [0.2, 0.25) is 0 Å². The summed E-state index contributed by atoms with van der Waals surface area (Å²) in [6.45, 7) is 2.71. The second-order valence-corrected chi connectivity index (χ2v) is 4.88. The minimum Gasteiger partial charge on any atom is -0.383 e. The van der Waals surface area contributed by atoms with E-state index in [2.05, 4.69) is 5.32 Å². The van der Waals surface area contributed by atoms with Crippen molar-refractivity contribution in [3.63, 3.8) is 0 Å². The minimum atomic E-state index is 0.239. The predicted molar refractivity (Wildman–Crippen MR) is 60.1 cm³/mol. The quantitative estimate of drug-likeness (QED) is 0.721. The lowest BCUT2D eigenvalue weighted by Gasteiger charge is -2.38. The molecular weight excluding hydrogens is 190 g/mol. The second-order valence-electron chi connectivity index (χ2n) is 4.88. The molecule has 1 N–H and O–H groups in total. The van der Waals surface area contributed by atoms with E-state index in [-0.39, 0.29) is 5.60 Å². The fourth-order valence-corrected chi connectivity index (χ4v) is 2.93. The van der Waals surface area contributed by atoms with Crippen LogP contribution in [0.4, 0.5) is 0 Å². The van der Waals surface area contributed by atoms with Crippen molar-refractivity contribution in [3.05, 3.63) is 0 Å². The third-order valence-electron chi connectivity index (χ3n) is 3.75. The first-order valence-corrected chi connectivity index (χ1v) is 6.21. The third kappa shape index (κ3) is 2.92. The van der Waals surface area contributed by atoms with Crippen molar-refractivity contribution in [2.75, 3.05) is 26.9 Å². The van der Waals surface area contributed by atoms with Crippen LogP contribution < -0.4 is 5.32 Å². The Morgan fingerprint density at radius 1 is 1.40 bits per heavy atom. The largest absolute Gasteiger partial charge is 0.383 e. The Morgan fingerprint density at radius 3 is 2.93 bits per heavy atom. The fourth-order valence-electron chi connectivity index (χ4n) is 2.93. The predicted octanol–water partition coefficient (Wildman–Crippen LogP) is 1.71. The molecule has 0 aromatic carbocycles. The summed E-state index contributed by atoms with van der Waals surface area (Å²) in [5, 5.41) is 3.57. The lowest BCUT2D eigenvalue weighted by molar-refractivity contribution is -0.0838. The van der Waals surface area contributed by atoms with Crippen LogP contribution in [0.25, 0.3) is 0 Å². The Balaban J connectivity index is 1.76. The first-order chi connectivity index (χ1) is 7.35. The number of hydrogen-bond acceptors (Lipinski definition) is 3. The third-order valence-corrected chi connectivity index (χ3v) is 3.75. The first-order valence-electron chi connectivity index (χ1n) is 6.21. The molecule has 1 aliphatic heterocycles. The standard InChI is InChI=1S/C12H23NO2/c1-14-9-7-13-11-4-8-15-12(10-11)5-2-3-6-12/h11,13H,2-10H2,1H3. The molecule has 1 saturated heterocycles. The fraction of sp³-hybridized carbons (Fsp3) is 1.00. The molecule has 88 valence electrons. The van der Waals surface area contributed by atoms with Gasteiger partial charge in [-0.05, 0) is 25.7 Å². The topological polar surface area (TPSA) is 30.5 Å². The van der Waals surface area contributed by atoms with Crippen molar-refractivity contribution < 1.29 is 9.47 Å². The van der Waals surface area contributed by atoms with Crippen LogP contribution in [-0.2, 0) is 9.47 Å². The van der Waals surface area contributed by atoms with Crippen molar-refractivity contribution >= 4 is 0 Å². The molecule has 15 heavy (non-hydrogen) atoms. The minimum absolute atomic E-state index is 0.239. The summed E-state index contributed by atoms with van der Waals surface area (Å²) in [6, 6.07) is 0.645. The van der Waals surface area contributed by atoms with Crippen LogP contribution in [0, 0.1) is 0 Å². The molecule has 1 spiro atoms. The average molecular weight is 213 g/mol. The zero-order valence-corrected chi connectivity index (χ0v) is 9.76. The van der Waals surface area contributed by atoms with E-state index in [0.717, 1.165) is 26.2 Å². The Hall–Kier alpha value is -0.120. The van der Waals surface area contributed by atoms with Gasteiger partial charge in [0.05, 0.1) is 12.2 Å². The van der Waals surface area contributed by atoms with Crippen molar-refractivity contribution in [2.24, 2.45) is 0 Å². The molecule has 2 fully saturated rings. The maximum atomic E-state index is 5.99. The van der Waals surface area contributed by atoms with Crippen LogP contribution in [-0.4, -0.2) is 38.5 Å². The molecule has 0 bridgehead atoms. The monoisotopic (exact) mass is 213 g/mol. The van der Waals surface area contributed by atoms with Gasteiger partial charge in [0.1, 0.15) is 0 Å². The number of nitrogens with one attached hydrogen (secondary N) is 1. The summed E-state index contributed by atoms with van der Waals surface area (Å²) in [5.41, 5.74) is 0.239. The molecule has 2 aliphatic rings. The zero-order chi connectivity index (χ0) is 10.6. The molecule has 0 amide bonds. The van der Waals surface area contributed by atoms with E-state index in [9.17, 15) is 0 Å². The molecule has 2 rings (SSSR count). The highest BCUT2D eigenvalue weighted by atomic mass is 16.5. The molecular formula is C12H23NO2. The van der Waals surface area contributed by atoms with Gasteiger partial charge in [0, 0.05) is 26.3 Å². The van der Waals surface area contributed by atoms with Crippen LogP contribution >= 0.6 is 0 Å². The molecule has 1 aliphatic carbocycles. The number of methoxy groups -OCH3 is 1.